The van der Waals surface area contributed by atoms with Crippen LogP contribution < -0.4 is 4.74 Å². The lowest BCUT2D eigenvalue weighted by atomic mass is 10.0. The first-order valence-corrected chi connectivity index (χ1v) is 9.47. The van der Waals surface area contributed by atoms with Gasteiger partial charge >= 0.3 is 12.1 Å². The maximum atomic E-state index is 12.7. The Morgan fingerprint density at radius 2 is 2.03 bits per heavy atom. The molecule has 2 aromatic rings. The van der Waals surface area contributed by atoms with Crippen molar-refractivity contribution in [1.82, 2.24) is 25.1 Å². The number of tetrazole rings is 1. The maximum Gasteiger partial charge on any atom is 0.419 e. The molecule has 1 aromatic heterocycles. The zero-order chi connectivity index (χ0) is 20.8. The molecule has 29 heavy (non-hydrogen) atoms. The predicted molar refractivity (Wildman–Crippen MR) is 105 cm³/mol. The van der Waals surface area contributed by atoms with E-state index < -0.39 is 18.1 Å². The Kier molecular flexibility index (Phi) is 6.38. The average molecular weight is 397 g/mol. The summed E-state index contributed by atoms with van der Waals surface area (Å²) >= 11 is 0. The second-order valence-corrected chi connectivity index (χ2v) is 6.68. The largest absolute Gasteiger partial charge is 0.480 e. The van der Waals surface area contributed by atoms with Gasteiger partial charge in [-0.2, -0.15) is 0 Å². The van der Waals surface area contributed by atoms with E-state index in [1.807, 2.05) is 12.1 Å². The Morgan fingerprint density at radius 3 is 2.72 bits per heavy atom. The third-order valence-corrected chi connectivity index (χ3v) is 4.55. The number of amides is 1. The van der Waals surface area contributed by atoms with Crippen LogP contribution in [0.5, 0.6) is 5.75 Å². The molecule has 2 unspecified atom stereocenters. The molecule has 0 saturated heterocycles. The van der Waals surface area contributed by atoms with Gasteiger partial charge in [0.25, 0.3) is 0 Å². The lowest BCUT2D eigenvalue weighted by Gasteiger charge is -2.29. The SMILES string of the molecule is CCCCC1C=C(c2nnn(C(C)C(=O)O)n2)C=CN1C(=O)Oc1ccccc1. The molecule has 0 saturated carbocycles. The predicted octanol–water partition coefficient (Wildman–Crippen LogP) is 3.29. The highest BCUT2D eigenvalue weighted by Gasteiger charge is 2.26. The van der Waals surface area contributed by atoms with Crippen molar-refractivity contribution in [2.24, 2.45) is 0 Å². The summed E-state index contributed by atoms with van der Waals surface area (Å²) in [4.78, 5) is 26.4. The Morgan fingerprint density at radius 1 is 1.28 bits per heavy atom. The van der Waals surface area contributed by atoms with Crippen LogP contribution in [0.15, 0.2) is 48.7 Å². The van der Waals surface area contributed by atoms with Gasteiger partial charge in [-0.15, -0.1) is 15.0 Å². The number of nitrogens with zero attached hydrogens (tertiary/aromatic N) is 5. The van der Waals surface area contributed by atoms with E-state index in [0.717, 1.165) is 24.1 Å². The highest BCUT2D eigenvalue weighted by Crippen LogP contribution is 2.25. The van der Waals surface area contributed by atoms with E-state index in [4.69, 9.17) is 9.84 Å². The quantitative estimate of drug-likeness (QED) is 0.763. The molecule has 0 fully saturated rings. The number of ether oxygens (including phenoxy) is 1. The Balaban J connectivity index is 1.79. The molecule has 0 bridgehead atoms. The number of unbranched alkanes of at least 4 members (excludes halogenated alkanes) is 1. The molecular formula is C20H23N5O4. The maximum absolute atomic E-state index is 12.7. The molecule has 2 atom stereocenters. The average Bonchev–Trinajstić information content (AvgIpc) is 3.22. The van der Waals surface area contributed by atoms with E-state index >= 15 is 0 Å². The van der Waals surface area contributed by atoms with Crippen molar-refractivity contribution in [3.63, 3.8) is 0 Å². The van der Waals surface area contributed by atoms with Crippen molar-refractivity contribution in [3.05, 3.63) is 54.5 Å². The van der Waals surface area contributed by atoms with Crippen molar-refractivity contribution in [3.8, 4) is 5.75 Å². The minimum Gasteiger partial charge on any atom is -0.480 e. The van der Waals surface area contributed by atoms with Gasteiger partial charge in [-0.05, 0) is 36.8 Å². The molecule has 1 amide bonds. The van der Waals surface area contributed by atoms with Gasteiger partial charge in [0.1, 0.15) is 5.75 Å². The molecule has 1 N–H and O–H groups in total. The van der Waals surface area contributed by atoms with Crippen LogP contribution in [-0.2, 0) is 4.79 Å². The van der Waals surface area contributed by atoms with Gasteiger partial charge < -0.3 is 9.84 Å². The standard InChI is InChI=1S/C20H23N5O4/c1-3-4-8-16-13-15(18-21-23-25(22-18)14(2)19(26)27)11-12-24(16)20(28)29-17-9-6-5-7-10-17/h5-7,9-14,16H,3-4,8H2,1-2H3,(H,26,27). The van der Waals surface area contributed by atoms with E-state index in [1.165, 1.54) is 11.8 Å². The highest BCUT2D eigenvalue weighted by atomic mass is 16.6. The van der Waals surface area contributed by atoms with E-state index in [0.29, 0.717) is 17.1 Å². The fourth-order valence-corrected chi connectivity index (χ4v) is 2.84. The third-order valence-electron chi connectivity index (χ3n) is 4.55. The summed E-state index contributed by atoms with van der Waals surface area (Å²) in [7, 11) is 0. The van der Waals surface area contributed by atoms with Crippen LogP contribution in [-0.4, -0.2) is 48.3 Å². The van der Waals surface area contributed by atoms with E-state index in [1.54, 1.807) is 36.5 Å². The number of para-hydroxylation sites is 1. The minimum atomic E-state index is -1.04. The zero-order valence-corrected chi connectivity index (χ0v) is 16.3. The monoisotopic (exact) mass is 397 g/mol. The van der Waals surface area contributed by atoms with Crippen LogP contribution in [0, 0.1) is 0 Å². The van der Waals surface area contributed by atoms with E-state index in [2.05, 4.69) is 22.3 Å². The van der Waals surface area contributed by atoms with Gasteiger partial charge in [-0.25, -0.2) is 9.59 Å². The van der Waals surface area contributed by atoms with Crippen molar-refractivity contribution < 1.29 is 19.4 Å². The number of hydrogen-bond acceptors (Lipinski definition) is 6. The number of carbonyl (C=O) groups excluding carboxylic acids is 1. The number of carbonyl (C=O) groups is 2. The highest BCUT2D eigenvalue weighted by molar-refractivity contribution is 5.78. The molecule has 1 aliphatic heterocycles. The second-order valence-electron chi connectivity index (χ2n) is 6.68. The number of aromatic nitrogens is 4. The number of carboxylic acid groups (broad SMARTS) is 1. The number of rotatable bonds is 7. The van der Waals surface area contributed by atoms with E-state index in [-0.39, 0.29) is 6.04 Å². The second kappa shape index (κ2) is 9.13. The van der Waals surface area contributed by atoms with Crippen LogP contribution in [0.25, 0.3) is 5.57 Å². The summed E-state index contributed by atoms with van der Waals surface area (Å²) in [6.45, 7) is 3.56. The van der Waals surface area contributed by atoms with Crippen molar-refractivity contribution >= 4 is 17.6 Å². The van der Waals surface area contributed by atoms with Crippen LogP contribution in [0.2, 0.25) is 0 Å². The summed E-state index contributed by atoms with van der Waals surface area (Å²) < 4.78 is 5.46. The lowest BCUT2D eigenvalue weighted by Crippen LogP contribution is -2.38. The van der Waals surface area contributed by atoms with Crippen molar-refractivity contribution in [1.29, 1.82) is 0 Å². The van der Waals surface area contributed by atoms with Crippen LogP contribution >= 0.6 is 0 Å². The fraction of sp³-hybridized carbons (Fsp3) is 0.350. The smallest absolute Gasteiger partial charge is 0.419 e. The third kappa shape index (κ3) is 4.87. The van der Waals surface area contributed by atoms with Gasteiger partial charge in [0.2, 0.25) is 5.82 Å². The number of benzene rings is 1. The first-order valence-electron chi connectivity index (χ1n) is 9.47. The molecule has 3 rings (SSSR count). The van der Waals surface area contributed by atoms with Crippen LogP contribution in [0.1, 0.15) is 45.0 Å². The van der Waals surface area contributed by atoms with Gasteiger partial charge in [0.05, 0.1) is 6.04 Å². The number of carboxylic acids is 1. The fourth-order valence-electron chi connectivity index (χ4n) is 2.84. The summed E-state index contributed by atoms with van der Waals surface area (Å²) in [5.41, 5.74) is 0.679. The lowest BCUT2D eigenvalue weighted by molar-refractivity contribution is -0.141. The molecule has 9 heteroatoms. The summed E-state index contributed by atoms with van der Waals surface area (Å²) in [6.07, 6.45) is 7.40. The van der Waals surface area contributed by atoms with Crippen molar-refractivity contribution in [2.45, 2.75) is 45.2 Å². The number of aliphatic carboxylic acids is 1. The number of hydrogen-bond donors (Lipinski definition) is 1. The zero-order valence-electron chi connectivity index (χ0n) is 16.3. The summed E-state index contributed by atoms with van der Waals surface area (Å²) in [5.74, 6) is -0.258. The molecule has 152 valence electrons. The van der Waals surface area contributed by atoms with Crippen LogP contribution in [0.3, 0.4) is 0 Å². The van der Waals surface area contributed by atoms with Gasteiger partial charge in [0.15, 0.2) is 6.04 Å². The molecule has 1 aliphatic rings. The van der Waals surface area contributed by atoms with Crippen LogP contribution in [0.4, 0.5) is 4.79 Å². The summed E-state index contributed by atoms with van der Waals surface area (Å²) in [5, 5.41) is 21.0. The molecule has 0 radical (unpaired) electrons. The van der Waals surface area contributed by atoms with Gasteiger partial charge in [-0.3, -0.25) is 4.90 Å². The summed E-state index contributed by atoms with van der Waals surface area (Å²) in [6, 6.07) is 7.75. The first-order chi connectivity index (χ1) is 14.0. The van der Waals surface area contributed by atoms with Gasteiger partial charge in [0, 0.05) is 11.8 Å². The first kappa shape index (κ1) is 20.2. The van der Waals surface area contributed by atoms with Crippen molar-refractivity contribution in [2.75, 3.05) is 0 Å². The van der Waals surface area contributed by atoms with E-state index in [9.17, 15) is 9.59 Å². The molecule has 2 heterocycles. The minimum absolute atomic E-state index is 0.227. The molecular weight excluding hydrogens is 374 g/mol. The number of allylic oxidation sites excluding steroid dienone is 2. The molecule has 0 spiro atoms. The Bertz CT molecular complexity index is 922. The Hall–Kier alpha value is -3.49. The molecule has 9 nitrogen and oxygen atoms in total. The normalized spacial score (nSPS) is 17.0. The molecule has 0 aliphatic carbocycles. The topological polar surface area (TPSA) is 110 Å². The Labute approximate surface area is 168 Å². The molecule has 1 aromatic carbocycles. The van der Waals surface area contributed by atoms with Gasteiger partial charge in [-0.1, -0.05) is 44.0 Å².